The van der Waals surface area contributed by atoms with Crippen LogP contribution in [0.2, 0.25) is 0 Å². The van der Waals surface area contributed by atoms with E-state index in [1.165, 1.54) is 0 Å². The summed E-state index contributed by atoms with van der Waals surface area (Å²) in [5.41, 5.74) is 1.49. The lowest BCUT2D eigenvalue weighted by atomic mass is 9.97. The lowest BCUT2D eigenvalue weighted by molar-refractivity contribution is -0.133. The maximum Gasteiger partial charge on any atom is 0.251 e. The van der Waals surface area contributed by atoms with E-state index < -0.39 is 6.04 Å². The van der Waals surface area contributed by atoms with Crippen LogP contribution in [-0.2, 0) is 11.3 Å². The summed E-state index contributed by atoms with van der Waals surface area (Å²) < 4.78 is 11.2. The van der Waals surface area contributed by atoms with E-state index >= 15 is 0 Å². The molecule has 2 amide bonds. The molecule has 3 rings (SSSR count). The molecule has 2 atom stereocenters. The minimum atomic E-state index is -0.588. The first kappa shape index (κ1) is 20.7. The second kappa shape index (κ2) is 9.45. The zero-order chi connectivity index (χ0) is 20.8. The fourth-order valence-corrected chi connectivity index (χ4v) is 3.27. The van der Waals surface area contributed by atoms with Crippen LogP contribution >= 0.6 is 0 Å². The lowest BCUT2D eigenvalue weighted by Crippen LogP contribution is -2.50. The van der Waals surface area contributed by atoms with Crippen LogP contribution in [-0.4, -0.2) is 43.0 Å². The predicted octanol–water partition coefficient (Wildman–Crippen LogP) is 3.26. The molecular formula is C23H28N2O4. The Morgan fingerprint density at radius 3 is 2.45 bits per heavy atom. The first-order chi connectivity index (χ1) is 14.0. The molecule has 6 heteroatoms. The molecule has 2 aromatic rings. The third-order valence-electron chi connectivity index (χ3n) is 5.20. The summed E-state index contributed by atoms with van der Waals surface area (Å²) in [7, 11) is 1.75. The average molecular weight is 396 g/mol. The minimum Gasteiger partial charge on any atom is -0.486 e. The largest absolute Gasteiger partial charge is 0.486 e. The molecule has 6 nitrogen and oxygen atoms in total. The summed E-state index contributed by atoms with van der Waals surface area (Å²) in [5, 5.41) is 2.93. The van der Waals surface area contributed by atoms with Crippen molar-refractivity contribution in [3.63, 3.8) is 0 Å². The summed E-state index contributed by atoms with van der Waals surface area (Å²) in [6, 6.07) is 14.1. The van der Waals surface area contributed by atoms with Gasteiger partial charge in [0.1, 0.15) is 19.3 Å². The minimum absolute atomic E-state index is 0.0119. The van der Waals surface area contributed by atoms with Crippen LogP contribution in [0.4, 0.5) is 0 Å². The van der Waals surface area contributed by atoms with Gasteiger partial charge in [-0.15, -0.1) is 0 Å². The smallest absolute Gasteiger partial charge is 0.251 e. The number of carbonyl (C=O) groups is 2. The van der Waals surface area contributed by atoms with E-state index in [2.05, 4.69) is 5.32 Å². The molecule has 0 saturated heterocycles. The fraction of sp³-hybridized carbons (Fsp3) is 0.391. The fourth-order valence-electron chi connectivity index (χ4n) is 3.27. The monoisotopic (exact) mass is 396 g/mol. The van der Waals surface area contributed by atoms with E-state index in [4.69, 9.17) is 9.47 Å². The Kier molecular flexibility index (Phi) is 6.75. The van der Waals surface area contributed by atoms with Gasteiger partial charge in [-0.2, -0.15) is 0 Å². The normalized spacial score (nSPS) is 14.6. The van der Waals surface area contributed by atoms with Crippen LogP contribution in [0.5, 0.6) is 11.5 Å². The first-order valence-corrected chi connectivity index (χ1v) is 9.99. The number of likely N-dealkylation sites (N-methyl/N-ethyl adjacent to an activating group) is 1. The molecule has 0 aliphatic carbocycles. The van der Waals surface area contributed by atoms with Crippen molar-refractivity contribution in [2.45, 2.75) is 32.9 Å². The molecule has 0 spiro atoms. The summed E-state index contributed by atoms with van der Waals surface area (Å²) in [4.78, 5) is 27.4. The van der Waals surface area contributed by atoms with Crippen molar-refractivity contribution < 1.29 is 19.1 Å². The van der Waals surface area contributed by atoms with Crippen molar-refractivity contribution in [2.24, 2.45) is 5.92 Å². The number of hydrogen-bond acceptors (Lipinski definition) is 4. The second-order valence-corrected chi connectivity index (χ2v) is 7.38. The first-order valence-electron chi connectivity index (χ1n) is 9.99. The number of ether oxygens (including phenoxy) is 2. The Morgan fingerprint density at radius 1 is 1.07 bits per heavy atom. The quantitative estimate of drug-likeness (QED) is 0.780. The van der Waals surface area contributed by atoms with Gasteiger partial charge in [0.05, 0.1) is 0 Å². The highest BCUT2D eigenvalue weighted by atomic mass is 16.6. The number of nitrogens with zero attached hydrogens (tertiary/aromatic N) is 1. The number of rotatable bonds is 7. The van der Waals surface area contributed by atoms with E-state index in [1.807, 2.05) is 50.2 Å². The summed E-state index contributed by atoms with van der Waals surface area (Å²) in [6.45, 7) is 5.48. The summed E-state index contributed by atoms with van der Waals surface area (Å²) in [5.74, 6) is 1.08. The molecule has 29 heavy (non-hydrogen) atoms. The van der Waals surface area contributed by atoms with E-state index in [1.54, 1.807) is 24.1 Å². The van der Waals surface area contributed by atoms with Crippen molar-refractivity contribution in [3.05, 3.63) is 59.7 Å². The molecule has 2 aromatic carbocycles. The molecule has 0 bridgehead atoms. The van der Waals surface area contributed by atoms with Crippen molar-refractivity contribution in [3.8, 4) is 11.5 Å². The second-order valence-electron chi connectivity index (χ2n) is 7.38. The van der Waals surface area contributed by atoms with E-state index in [9.17, 15) is 9.59 Å². The topological polar surface area (TPSA) is 67.9 Å². The van der Waals surface area contributed by atoms with E-state index in [-0.39, 0.29) is 17.7 Å². The Bertz CT molecular complexity index is 853. The highest BCUT2D eigenvalue weighted by Gasteiger charge is 2.29. The van der Waals surface area contributed by atoms with Crippen molar-refractivity contribution in [1.82, 2.24) is 10.2 Å². The molecule has 2 unspecified atom stereocenters. The molecule has 1 heterocycles. The number of benzene rings is 2. The zero-order valence-corrected chi connectivity index (χ0v) is 17.2. The Morgan fingerprint density at radius 2 is 1.76 bits per heavy atom. The maximum atomic E-state index is 13.2. The van der Waals surface area contributed by atoms with Crippen LogP contribution in [0.15, 0.2) is 48.5 Å². The van der Waals surface area contributed by atoms with Gasteiger partial charge in [-0.25, -0.2) is 0 Å². The lowest BCUT2D eigenvalue weighted by Gasteiger charge is -2.28. The van der Waals surface area contributed by atoms with Gasteiger partial charge in [0.15, 0.2) is 11.5 Å². The third kappa shape index (κ3) is 5.08. The van der Waals surface area contributed by atoms with Gasteiger partial charge < -0.3 is 19.7 Å². The van der Waals surface area contributed by atoms with Gasteiger partial charge >= 0.3 is 0 Å². The Hall–Kier alpha value is -3.02. The van der Waals surface area contributed by atoms with E-state index in [0.29, 0.717) is 31.1 Å². The van der Waals surface area contributed by atoms with Gasteiger partial charge in [0, 0.05) is 19.2 Å². The predicted molar refractivity (Wildman–Crippen MR) is 111 cm³/mol. The molecule has 0 fully saturated rings. The molecule has 154 valence electrons. The molecule has 1 N–H and O–H groups in total. The van der Waals surface area contributed by atoms with Crippen LogP contribution in [0.3, 0.4) is 0 Å². The number of nitrogens with one attached hydrogen (secondary N) is 1. The van der Waals surface area contributed by atoms with Crippen LogP contribution in [0.25, 0.3) is 0 Å². The summed E-state index contributed by atoms with van der Waals surface area (Å²) in [6.07, 6.45) is 0.781. The van der Waals surface area contributed by atoms with E-state index in [0.717, 1.165) is 17.7 Å². The maximum absolute atomic E-state index is 13.2. The summed E-state index contributed by atoms with van der Waals surface area (Å²) >= 11 is 0. The highest BCUT2D eigenvalue weighted by Crippen LogP contribution is 2.31. The van der Waals surface area contributed by atoms with Crippen molar-refractivity contribution in [2.75, 3.05) is 20.3 Å². The van der Waals surface area contributed by atoms with Crippen LogP contribution in [0.1, 0.15) is 36.2 Å². The highest BCUT2D eigenvalue weighted by molar-refractivity contribution is 5.97. The number of carbonyl (C=O) groups excluding carboxylic acids is 2. The zero-order valence-electron chi connectivity index (χ0n) is 17.2. The van der Waals surface area contributed by atoms with Gasteiger partial charge in [0.25, 0.3) is 5.91 Å². The van der Waals surface area contributed by atoms with Crippen molar-refractivity contribution >= 4 is 11.8 Å². The van der Waals surface area contributed by atoms with Crippen LogP contribution < -0.4 is 14.8 Å². The van der Waals surface area contributed by atoms with Crippen molar-refractivity contribution in [1.29, 1.82) is 0 Å². The van der Waals surface area contributed by atoms with Gasteiger partial charge in [-0.1, -0.05) is 44.5 Å². The molecule has 0 radical (unpaired) electrons. The standard InChI is InChI=1S/C23H28N2O4/c1-4-16(2)21(24-22(26)18-8-6-5-7-9-18)23(27)25(3)15-17-10-11-19-20(14-17)29-13-12-28-19/h5-11,14,16,21H,4,12-13,15H2,1-3H3,(H,24,26). The Balaban J connectivity index is 1.70. The molecule has 0 aromatic heterocycles. The number of amides is 2. The average Bonchev–Trinajstić information content (AvgIpc) is 2.76. The van der Waals surface area contributed by atoms with Gasteiger partial charge in [-0.05, 0) is 35.7 Å². The molecule has 1 aliphatic heterocycles. The molecule has 1 aliphatic rings. The van der Waals surface area contributed by atoms with Crippen LogP contribution in [0, 0.1) is 5.92 Å². The van der Waals surface area contributed by atoms with Gasteiger partial charge in [0.2, 0.25) is 5.91 Å². The SMILES string of the molecule is CCC(C)C(NC(=O)c1ccccc1)C(=O)N(C)Cc1ccc2c(c1)OCCO2. The number of hydrogen-bond donors (Lipinski definition) is 1. The molecular weight excluding hydrogens is 368 g/mol. The number of fused-ring (bicyclic) bond motifs is 1. The Labute approximate surface area is 171 Å². The molecule has 0 saturated carbocycles. The van der Waals surface area contributed by atoms with Gasteiger partial charge in [-0.3, -0.25) is 9.59 Å². The third-order valence-corrected chi connectivity index (χ3v) is 5.20.